The summed E-state index contributed by atoms with van der Waals surface area (Å²) in [6.07, 6.45) is 4.23. The molecule has 0 radical (unpaired) electrons. The smallest absolute Gasteiger partial charge is 0.244 e. The number of ether oxygens (including phenoxy) is 3. The SMILES string of the molecule is O=C(/C=C/c1ccc2c(c1)OCO2)NCC1(O)CCOCC1. The van der Waals surface area contributed by atoms with Crippen LogP contribution in [-0.2, 0) is 9.53 Å². The van der Waals surface area contributed by atoms with Crippen molar-refractivity contribution >= 4 is 12.0 Å². The fourth-order valence-corrected chi connectivity index (χ4v) is 2.43. The van der Waals surface area contributed by atoms with Crippen molar-refractivity contribution < 1.29 is 24.1 Å². The van der Waals surface area contributed by atoms with E-state index in [0.29, 0.717) is 37.6 Å². The Morgan fingerprint density at radius 2 is 2.05 bits per heavy atom. The third-order valence-corrected chi connectivity index (χ3v) is 3.84. The third kappa shape index (κ3) is 3.58. The van der Waals surface area contributed by atoms with Gasteiger partial charge in [0.25, 0.3) is 0 Å². The maximum absolute atomic E-state index is 11.8. The standard InChI is InChI=1S/C16H19NO5/c18-15(17-10-16(19)5-7-20-8-6-16)4-2-12-1-3-13-14(9-12)22-11-21-13/h1-4,9,19H,5-8,10-11H2,(H,17,18)/b4-2+. The normalized spacial score (nSPS) is 19.3. The Labute approximate surface area is 128 Å². The largest absolute Gasteiger partial charge is 0.454 e. The maximum atomic E-state index is 11.8. The van der Waals surface area contributed by atoms with Gasteiger partial charge in [-0.05, 0) is 23.8 Å². The molecule has 0 atom stereocenters. The highest BCUT2D eigenvalue weighted by Crippen LogP contribution is 2.32. The van der Waals surface area contributed by atoms with Crippen LogP contribution in [0.15, 0.2) is 24.3 Å². The van der Waals surface area contributed by atoms with Gasteiger partial charge < -0.3 is 24.6 Å². The Balaban J connectivity index is 1.53. The number of carbonyl (C=O) groups is 1. The molecule has 1 fully saturated rings. The van der Waals surface area contributed by atoms with Gasteiger partial charge in [0, 0.05) is 38.7 Å². The zero-order valence-corrected chi connectivity index (χ0v) is 12.2. The van der Waals surface area contributed by atoms with Gasteiger partial charge in [0.15, 0.2) is 11.5 Å². The van der Waals surface area contributed by atoms with Crippen LogP contribution in [-0.4, -0.2) is 43.2 Å². The topological polar surface area (TPSA) is 77.0 Å². The van der Waals surface area contributed by atoms with Gasteiger partial charge >= 0.3 is 0 Å². The molecule has 0 saturated carbocycles. The Kier molecular flexibility index (Phi) is 4.31. The lowest BCUT2D eigenvalue weighted by atomic mass is 9.94. The molecular formula is C16H19NO5. The van der Waals surface area contributed by atoms with Crippen LogP contribution in [0.25, 0.3) is 6.08 Å². The van der Waals surface area contributed by atoms with Crippen molar-refractivity contribution in [3.63, 3.8) is 0 Å². The molecule has 2 aliphatic rings. The summed E-state index contributed by atoms with van der Waals surface area (Å²) in [5.74, 6) is 1.15. The van der Waals surface area contributed by atoms with E-state index in [4.69, 9.17) is 14.2 Å². The van der Waals surface area contributed by atoms with Crippen LogP contribution in [0, 0.1) is 0 Å². The summed E-state index contributed by atoms with van der Waals surface area (Å²) in [6.45, 7) is 1.52. The average molecular weight is 305 g/mol. The second kappa shape index (κ2) is 6.37. The van der Waals surface area contributed by atoms with E-state index >= 15 is 0 Å². The molecule has 0 spiro atoms. The van der Waals surface area contributed by atoms with Crippen LogP contribution < -0.4 is 14.8 Å². The number of hydrogen-bond acceptors (Lipinski definition) is 5. The van der Waals surface area contributed by atoms with Crippen molar-refractivity contribution in [1.82, 2.24) is 5.32 Å². The van der Waals surface area contributed by atoms with Crippen molar-refractivity contribution in [3.05, 3.63) is 29.8 Å². The first-order chi connectivity index (χ1) is 10.6. The van der Waals surface area contributed by atoms with E-state index in [1.807, 2.05) is 18.2 Å². The van der Waals surface area contributed by atoms with Crippen molar-refractivity contribution in [3.8, 4) is 11.5 Å². The summed E-state index contributed by atoms with van der Waals surface area (Å²) in [5.41, 5.74) is -0.00953. The number of fused-ring (bicyclic) bond motifs is 1. The molecule has 0 aliphatic carbocycles. The van der Waals surface area contributed by atoms with Crippen LogP contribution in [0.2, 0.25) is 0 Å². The monoisotopic (exact) mass is 305 g/mol. The van der Waals surface area contributed by atoms with Crippen molar-refractivity contribution in [1.29, 1.82) is 0 Å². The van der Waals surface area contributed by atoms with Gasteiger partial charge in [-0.1, -0.05) is 6.07 Å². The highest BCUT2D eigenvalue weighted by Gasteiger charge is 2.29. The summed E-state index contributed by atoms with van der Waals surface area (Å²) >= 11 is 0. The van der Waals surface area contributed by atoms with Gasteiger partial charge in [0.05, 0.1) is 5.60 Å². The van der Waals surface area contributed by atoms with E-state index in [-0.39, 0.29) is 19.2 Å². The second-order valence-corrected chi connectivity index (χ2v) is 5.50. The zero-order valence-electron chi connectivity index (χ0n) is 12.2. The summed E-state index contributed by atoms with van der Waals surface area (Å²) in [6, 6.07) is 5.48. The molecule has 1 aromatic carbocycles. The molecule has 0 unspecified atom stereocenters. The van der Waals surface area contributed by atoms with Crippen molar-refractivity contribution in [2.24, 2.45) is 0 Å². The van der Waals surface area contributed by atoms with E-state index in [0.717, 1.165) is 5.56 Å². The predicted molar refractivity (Wildman–Crippen MR) is 79.6 cm³/mol. The lowest BCUT2D eigenvalue weighted by Crippen LogP contribution is -2.46. The molecule has 1 saturated heterocycles. The number of amides is 1. The number of rotatable bonds is 4. The highest BCUT2D eigenvalue weighted by atomic mass is 16.7. The predicted octanol–water partition coefficient (Wildman–Crippen LogP) is 1.09. The van der Waals surface area contributed by atoms with Gasteiger partial charge in [-0.3, -0.25) is 4.79 Å². The molecule has 6 heteroatoms. The fourth-order valence-electron chi connectivity index (χ4n) is 2.43. The molecule has 1 amide bonds. The number of aliphatic hydroxyl groups is 1. The lowest BCUT2D eigenvalue weighted by Gasteiger charge is -2.31. The molecule has 118 valence electrons. The van der Waals surface area contributed by atoms with Gasteiger partial charge in [0.1, 0.15) is 0 Å². The highest BCUT2D eigenvalue weighted by molar-refractivity contribution is 5.91. The molecule has 0 bridgehead atoms. The summed E-state index contributed by atoms with van der Waals surface area (Å²) in [4.78, 5) is 11.8. The van der Waals surface area contributed by atoms with E-state index in [1.54, 1.807) is 6.08 Å². The Morgan fingerprint density at radius 1 is 1.27 bits per heavy atom. The molecule has 2 heterocycles. The molecule has 3 rings (SSSR count). The fraction of sp³-hybridized carbons (Fsp3) is 0.438. The van der Waals surface area contributed by atoms with Crippen LogP contribution in [0.3, 0.4) is 0 Å². The first-order valence-electron chi connectivity index (χ1n) is 7.30. The Hall–Kier alpha value is -2.05. The third-order valence-electron chi connectivity index (χ3n) is 3.84. The van der Waals surface area contributed by atoms with E-state index in [1.165, 1.54) is 6.08 Å². The van der Waals surface area contributed by atoms with Crippen LogP contribution in [0.4, 0.5) is 0 Å². The van der Waals surface area contributed by atoms with Crippen molar-refractivity contribution in [2.75, 3.05) is 26.6 Å². The number of carbonyl (C=O) groups excluding carboxylic acids is 1. The number of nitrogens with one attached hydrogen (secondary N) is 1. The molecule has 6 nitrogen and oxygen atoms in total. The van der Waals surface area contributed by atoms with Crippen molar-refractivity contribution in [2.45, 2.75) is 18.4 Å². The molecule has 1 aromatic rings. The van der Waals surface area contributed by atoms with Gasteiger partial charge in [-0.25, -0.2) is 0 Å². The summed E-state index contributed by atoms with van der Waals surface area (Å²) in [7, 11) is 0. The molecule has 0 aromatic heterocycles. The zero-order chi connectivity index (χ0) is 15.4. The first kappa shape index (κ1) is 14.9. The minimum absolute atomic E-state index is 0.227. The van der Waals surface area contributed by atoms with E-state index in [2.05, 4.69) is 5.32 Å². The summed E-state index contributed by atoms with van der Waals surface area (Å²) in [5, 5.41) is 13.0. The number of hydrogen-bond donors (Lipinski definition) is 2. The Morgan fingerprint density at radius 3 is 2.86 bits per heavy atom. The lowest BCUT2D eigenvalue weighted by molar-refractivity contribution is -0.119. The van der Waals surface area contributed by atoms with Crippen LogP contribution in [0.1, 0.15) is 18.4 Å². The molecule has 22 heavy (non-hydrogen) atoms. The van der Waals surface area contributed by atoms with Gasteiger partial charge in [-0.2, -0.15) is 0 Å². The quantitative estimate of drug-likeness (QED) is 0.814. The summed E-state index contributed by atoms with van der Waals surface area (Å²) < 4.78 is 15.7. The van der Waals surface area contributed by atoms with Gasteiger partial charge in [-0.15, -0.1) is 0 Å². The minimum Gasteiger partial charge on any atom is -0.454 e. The minimum atomic E-state index is -0.861. The van der Waals surface area contributed by atoms with E-state index in [9.17, 15) is 9.90 Å². The first-order valence-corrected chi connectivity index (χ1v) is 7.30. The van der Waals surface area contributed by atoms with E-state index < -0.39 is 5.60 Å². The average Bonchev–Trinajstić information content (AvgIpc) is 2.99. The molecule has 2 N–H and O–H groups in total. The second-order valence-electron chi connectivity index (χ2n) is 5.50. The maximum Gasteiger partial charge on any atom is 0.244 e. The molecular weight excluding hydrogens is 286 g/mol. The number of benzene rings is 1. The Bertz CT molecular complexity index is 578. The molecule has 2 aliphatic heterocycles. The van der Waals surface area contributed by atoms with Crippen LogP contribution in [0.5, 0.6) is 11.5 Å². The van der Waals surface area contributed by atoms with Crippen LogP contribution >= 0.6 is 0 Å². The van der Waals surface area contributed by atoms with Gasteiger partial charge in [0.2, 0.25) is 12.7 Å².